The molecule has 1 aliphatic heterocycles. The lowest BCUT2D eigenvalue weighted by molar-refractivity contribution is -0.139. The van der Waals surface area contributed by atoms with E-state index in [1.165, 1.54) is 0 Å². The van der Waals surface area contributed by atoms with Gasteiger partial charge in [0.1, 0.15) is 5.75 Å². The van der Waals surface area contributed by atoms with Crippen molar-refractivity contribution in [2.24, 2.45) is 0 Å². The number of esters is 1. The number of ether oxygens (including phenoxy) is 2. The Morgan fingerprint density at radius 1 is 1.26 bits per heavy atom. The number of allylic oxidation sites excluding steroid dienone is 1. The van der Waals surface area contributed by atoms with Gasteiger partial charge >= 0.3 is 12.0 Å². The molecule has 0 bridgehead atoms. The quantitative estimate of drug-likeness (QED) is 0.624. The van der Waals surface area contributed by atoms with Crippen LogP contribution in [0.4, 0.5) is 4.79 Å². The van der Waals surface area contributed by atoms with E-state index in [4.69, 9.17) is 9.47 Å². The largest absolute Gasteiger partial charge is 0.497 e. The van der Waals surface area contributed by atoms with Gasteiger partial charge in [0.2, 0.25) is 0 Å². The van der Waals surface area contributed by atoms with E-state index < -0.39 is 12.0 Å². The topological polar surface area (TPSA) is 76.7 Å². The van der Waals surface area contributed by atoms with E-state index in [1.807, 2.05) is 19.1 Å². The third-order valence-corrected chi connectivity index (χ3v) is 3.67. The molecule has 0 fully saturated rings. The molecule has 124 valence electrons. The van der Waals surface area contributed by atoms with E-state index in [-0.39, 0.29) is 6.03 Å². The van der Waals surface area contributed by atoms with Crippen LogP contribution in [-0.4, -0.2) is 25.7 Å². The van der Waals surface area contributed by atoms with Gasteiger partial charge in [-0.05, 0) is 31.0 Å². The van der Waals surface area contributed by atoms with Gasteiger partial charge in [0.15, 0.2) is 0 Å². The van der Waals surface area contributed by atoms with Crippen LogP contribution in [0, 0.1) is 0 Å². The van der Waals surface area contributed by atoms with Crippen molar-refractivity contribution in [3.8, 4) is 5.75 Å². The van der Waals surface area contributed by atoms with Crippen LogP contribution in [0.15, 0.2) is 35.5 Å². The summed E-state index contributed by atoms with van der Waals surface area (Å²) in [5.41, 5.74) is 1.73. The second kappa shape index (κ2) is 7.67. The maximum Gasteiger partial charge on any atom is 0.338 e. The molecule has 2 N–H and O–H groups in total. The fourth-order valence-electron chi connectivity index (χ4n) is 2.40. The summed E-state index contributed by atoms with van der Waals surface area (Å²) in [6.07, 6.45) is 1.76. The Kier molecular flexibility index (Phi) is 5.62. The Hall–Kier alpha value is -2.50. The molecular weight excluding hydrogens is 296 g/mol. The number of methoxy groups -OCH3 is 1. The van der Waals surface area contributed by atoms with Gasteiger partial charge < -0.3 is 20.1 Å². The van der Waals surface area contributed by atoms with Crippen LogP contribution in [0.1, 0.15) is 38.3 Å². The first-order valence-corrected chi connectivity index (χ1v) is 7.66. The summed E-state index contributed by atoms with van der Waals surface area (Å²) in [5.74, 6) is 0.297. The van der Waals surface area contributed by atoms with Crippen molar-refractivity contribution in [2.75, 3.05) is 13.7 Å². The van der Waals surface area contributed by atoms with Crippen LogP contribution in [0.2, 0.25) is 0 Å². The van der Waals surface area contributed by atoms with E-state index in [0.29, 0.717) is 23.6 Å². The number of unbranched alkanes of at least 4 members (excludes halogenated alkanes) is 1. The van der Waals surface area contributed by atoms with Gasteiger partial charge in [-0.3, -0.25) is 0 Å². The molecule has 0 aromatic heterocycles. The zero-order chi connectivity index (χ0) is 16.8. The summed E-state index contributed by atoms with van der Waals surface area (Å²) in [5, 5.41) is 5.40. The van der Waals surface area contributed by atoms with Gasteiger partial charge in [-0.15, -0.1) is 0 Å². The molecule has 0 unspecified atom stereocenters. The summed E-state index contributed by atoms with van der Waals surface area (Å²) >= 11 is 0. The van der Waals surface area contributed by atoms with Gasteiger partial charge in [0.05, 0.1) is 25.3 Å². The van der Waals surface area contributed by atoms with Crippen LogP contribution >= 0.6 is 0 Å². The molecule has 1 aliphatic rings. The summed E-state index contributed by atoms with van der Waals surface area (Å²) in [6, 6.07) is 6.35. The molecular formula is C17H22N2O4. The number of carbonyl (C=O) groups is 2. The average molecular weight is 318 g/mol. The summed E-state index contributed by atoms with van der Waals surface area (Å²) < 4.78 is 10.4. The van der Waals surface area contributed by atoms with Crippen molar-refractivity contribution in [3.63, 3.8) is 0 Å². The number of amides is 2. The lowest BCUT2D eigenvalue weighted by atomic mass is 9.95. The predicted octanol–water partition coefficient (Wildman–Crippen LogP) is 2.67. The monoisotopic (exact) mass is 318 g/mol. The maximum absolute atomic E-state index is 12.4. The van der Waals surface area contributed by atoms with Gasteiger partial charge in [-0.2, -0.15) is 0 Å². The molecule has 6 heteroatoms. The Morgan fingerprint density at radius 2 is 1.96 bits per heavy atom. The Morgan fingerprint density at radius 3 is 2.57 bits per heavy atom. The zero-order valence-electron chi connectivity index (χ0n) is 13.6. The Bertz CT molecular complexity index is 608. The lowest BCUT2D eigenvalue weighted by Gasteiger charge is -2.28. The first-order valence-electron chi connectivity index (χ1n) is 7.66. The summed E-state index contributed by atoms with van der Waals surface area (Å²) in [6.45, 7) is 4.10. The molecule has 1 heterocycles. The van der Waals surface area contributed by atoms with Crippen molar-refractivity contribution in [1.29, 1.82) is 0 Å². The molecule has 0 saturated carbocycles. The van der Waals surface area contributed by atoms with Crippen LogP contribution in [0.3, 0.4) is 0 Å². The highest BCUT2D eigenvalue weighted by Gasteiger charge is 2.32. The molecule has 0 spiro atoms. The van der Waals surface area contributed by atoms with Crippen LogP contribution in [0.25, 0.3) is 0 Å². The number of urea groups is 1. The van der Waals surface area contributed by atoms with Gasteiger partial charge in [0, 0.05) is 5.70 Å². The highest BCUT2D eigenvalue weighted by atomic mass is 16.5. The van der Waals surface area contributed by atoms with Crippen molar-refractivity contribution >= 4 is 12.0 Å². The number of benzene rings is 1. The second-order valence-electron chi connectivity index (χ2n) is 5.33. The summed E-state index contributed by atoms with van der Waals surface area (Å²) in [4.78, 5) is 24.2. The van der Waals surface area contributed by atoms with Gasteiger partial charge in [-0.1, -0.05) is 25.5 Å². The average Bonchev–Trinajstić information content (AvgIpc) is 2.54. The number of nitrogens with one attached hydrogen (secondary N) is 2. The number of rotatable bonds is 6. The van der Waals surface area contributed by atoms with E-state index in [9.17, 15) is 9.59 Å². The molecule has 1 atom stereocenters. The number of carbonyl (C=O) groups excluding carboxylic acids is 2. The Labute approximate surface area is 135 Å². The van der Waals surface area contributed by atoms with E-state index >= 15 is 0 Å². The molecule has 0 aliphatic carbocycles. The smallest absolute Gasteiger partial charge is 0.338 e. The molecule has 2 amide bonds. The first-order chi connectivity index (χ1) is 11.1. The molecule has 2 rings (SSSR count). The number of hydrogen-bond acceptors (Lipinski definition) is 4. The number of hydrogen-bond donors (Lipinski definition) is 2. The molecule has 0 radical (unpaired) electrons. The van der Waals surface area contributed by atoms with Crippen molar-refractivity contribution in [3.05, 3.63) is 41.1 Å². The minimum Gasteiger partial charge on any atom is -0.497 e. The normalized spacial score (nSPS) is 17.3. The minimum atomic E-state index is -0.538. The third-order valence-electron chi connectivity index (χ3n) is 3.67. The minimum absolute atomic E-state index is 0.339. The fourth-order valence-corrected chi connectivity index (χ4v) is 2.40. The van der Waals surface area contributed by atoms with Crippen LogP contribution in [0.5, 0.6) is 5.75 Å². The van der Waals surface area contributed by atoms with Crippen molar-refractivity contribution < 1.29 is 19.1 Å². The van der Waals surface area contributed by atoms with Crippen molar-refractivity contribution in [1.82, 2.24) is 10.6 Å². The maximum atomic E-state index is 12.4. The van der Waals surface area contributed by atoms with E-state index in [2.05, 4.69) is 10.6 Å². The standard InChI is InChI=1S/C17H22N2O4/c1-4-5-10-23-16(20)14-11(2)18-17(21)19-15(14)12-6-8-13(22-3)9-7-12/h6-9,15H,4-5,10H2,1-3H3,(H2,18,19,21)/t15-/m0/s1. The molecule has 1 aromatic rings. The van der Waals surface area contributed by atoms with E-state index in [1.54, 1.807) is 26.2 Å². The predicted molar refractivity (Wildman–Crippen MR) is 86.0 cm³/mol. The molecule has 6 nitrogen and oxygen atoms in total. The van der Waals surface area contributed by atoms with Gasteiger partial charge in [-0.25, -0.2) is 9.59 Å². The molecule has 23 heavy (non-hydrogen) atoms. The van der Waals surface area contributed by atoms with Crippen LogP contribution in [-0.2, 0) is 9.53 Å². The lowest BCUT2D eigenvalue weighted by Crippen LogP contribution is -2.45. The van der Waals surface area contributed by atoms with Gasteiger partial charge in [0.25, 0.3) is 0 Å². The van der Waals surface area contributed by atoms with E-state index in [0.717, 1.165) is 18.4 Å². The highest BCUT2D eigenvalue weighted by molar-refractivity contribution is 5.95. The molecule has 1 aromatic carbocycles. The second-order valence-corrected chi connectivity index (χ2v) is 5.33. The fraction of sp³-hybridized carbons (Fsp3) is 0.412. The van der Waals surface area contributed by atoms with Crippen LogP contribution < -0.4 is 15.4 Å². The highest BCUT2D eigenvalue weighted by Crippen LogP contribution is 2.28. The molecule has 0 saturated heterocycles. The Balaban J connectivity index is 2.27. The SMILES string of the molecule is CCCCOC(=O)C1=C(C)NC(=O)N[C@H]1c1ccc(OC)cc1. The first kappa shape index (κ1) is 16.9. The van der Waals surface area contributed by atoms with Crippen molar-refractivity contribution in [2.45, 2.75) is 32.7 Å². The zero-order valence-corrected chi connectivity index (χ0v) is 13.6. The third kappa shape index (κ3) is 4.03. The summed E-state index contributed by atoms with van der Waals surface area (Å²) in [7, 11) is 1.59.